The van der Waals surface area contributed by atoms with E-state index in [9.17, 15) is 0 Å². The van der Waals surface area contributed by atoms with Gasteiger partial charge in [0, 0.05) is 10.8 Å². The Hall–Kier alpha value is -1.34. The molecule has 116 valence electrons. The molecule has 0 N–H and O–H groups in total. The van der Waals surface area contributed by atoms with Crippen LogP contribution in [0.5, 0.6) is 0 Å². The van der Waals surface area contributed by atoms with Crippen LogP contribution in [0, 0.1) is 17.3 Å². The molecule has 2 saturated carbocycles. The molecule has 0 radical (unpaired) electrons. The van der Waals surface area contributed by atoms with E-state index >= 15 is 0 Å². The minimum Gasteiger partial charge on any atom is -0.0700 e. The third kappa shape index (κ3) is 1.26. The highest BCUT2D eigenvalue weighted by Crippen LogP contribution is 2.94. The highest BCUT2D eigenvalue weighted by atomic mass is 79.9. The Kier molecular flexibility index (Phi) is 2.56. The summed E-state index contributed by atoms with van der Waals surface area (Å²) in [5, 5.41) is 0. The summed E-state index contributed by atoms with van der Waals surface area (Å²) < 4.78 is 1.40. The number of rotatable bonds is 2. The van der Waals surface area contributed by atoms with Gasteiger partial charge in [-0.05, 0) is 39.3 Å². The van der Waals surface area contributed by atoms with Crippen LogP contribution in [0.25, 0.3) is 0 Å². The van der Waals surface area contributed by atoms with Crippen LogP contribution < -0.4 is 0 Å². The summed E-state index contributed by atoms with van der Waals surface area (Å²) >= 11 is 3.80. The van der Waals surface area contributed by atoms with Crippen molar-refractivity contribution in [1.82, 2.24) is 0 Å². The molecule has 3 aliphatic carbocycles. The lowest BCUT2D eigenvalue weighted by Gasteiger charge is -2.48. The number of fused-ring (bicyclic) bond motifs is 4. The Morgan fingerprint density at radius 2 is 1.35 bits per heavy atom. The number of allylic oxidation sites excluding steroid dienone is 2. The Morgan fingerprint density at radius 3 is 1.91 bits per heavy atom. The SMILES string of the molecule is CC1(C)[C@]2(c3ccccc3)[C@@H]3C=C(Br)C[C@H]3[C@]12c1ccccc1. The van der Waals surface area contributed by atoms with E-state index in [2.05, 4.69) is 96.5 Å². The van der Waals surface area contributed by atoms with Crippen LogP contribution in [0.15, 0.2) is 71.2 Å². The monoisotopic (exact) mass is 364 g/mol. The highest BCUT2D eigenvalue weighted by molar-refractivity contribution is 9.11. The smallest absolute Gasteiger partial charge is 0.0184 e. The van der Waals surface area contributed by atoms with Gasteiger partial charge in [0.25, 0.3) is 0 Å². The molecule has 2 aromatic rings. The van der Waals surface area contributed by atoms with Crippen LogP contribution >= 0.6 is 15.9 Å². The van der Waals surface area contributed by atoms with Gasteiger partial charge in [-0.25, -0.2) is 0 Å². The second kappa shape index (κ2) is 4.19. The third-order valence-electron chi connectivity index (χ3n) is 7.25. The predicted molar refractivity (Wildman–Crippen MR) is 98.6 cm³/mol. The molecule has 0 amide bonds. The predicted octanol–water partition coefficient (Wildman–Crippen LogP) is 5.83. The van der Waals surface area contributed by atoms with E-state index in [0.717, 1.165) is 5.92 Å². The molecule has 0 nitrogen and oxygen atoms in total. The fourth-order valence-corrected chi connectivity index (χ4v) is 7.47. The Bertz CT molecular complexity index is 804. The van der Waals surface area contributed by atoms with Crippen molar-refractivity contribution in [2.45, 2.75) is 31.1 Å². The molecule has 0 heterocycles. The molecule has 0 aliphatic heterocycles. The largest absolute Gasteiger partial charge is 0.0700 e. The zero-order chi connectivity index (χ0) is 15.9. The lowest BCUT2D eigenvalue weighted by atomic mass is 9.54. The van der Waals surface area contributed by atoms with E-state index in [1.54, 1.807) is 0 Å². The van der Waals surface area contributed by atoms with Crippen molar-refractivity contribution in [2.24, 2.45) is 17.3 Å². The summed E-state index contributed by atoms with van der Waals surface area (Å²) in [4.78, 5) is 0. The fourth-order valence-electron chi connectivity index (χ4n) is 6.83. The van der Waals surface area contributed by atoms with Gasteiger partial charge in [0.2, 0.25) is 0 Å². The topological polar surface area (TPSA) is 0 Å². The van der Waals surface area contributed by atoms with E-state index in [1.165, 1.54) is 22.0 Å². The molecular formula is C22H21Br. The lowest BCUT2D eigenvalue weighted by Crippen LogP contribution is -2.49. The van der Waals surface area contributed by atoms with E-state index in [0.29, 0.717) is 11.3 Å². The molecule has 1 heteroatoms. The molecule has 0 bridgehead atoms. The van der Waals surface area contributed by atoms with Gasteiger partial charge in [0.1, 0.15) is 0 Å². The normalized spacial score (nSPS) is 39.0. The van der Waals surface area contributed by atoms with Crippen molar-refractivity contribution in [3.05, 3.63) is 82.3 Å². The van der Waals surface area contributed by atoms with Gasteiger partial charge in [-0.1, -0.05) is 96.5 Å². The summed E-state index contributed by atoms with van der Waals surface area (Å²) in [5.74, 6) is 1.39. The fraction of sp³-hybridized carbons (Fsp3) is 0.364. The molecule has 0 unspecified atom stereocenters. The Morgan fingerprint density at radius 1 is 0.826 bits per heavy atom. The maximum Gasteiger partial charge on any atom is 0.0184 e. The van der Waals surface area contributed by atoms with Crippen molar-refractivity contribution >= 4 is 15.9 Å². The summed E-state index contributed by atoms with van der Waals surface area (Å²) in [6, 6.07) is 22.5. The number of hydrogen-bond acceptors (Lipinski definition) is 0. The first-order valence-corrected chi connectivity index (χ1v) is 9.35. The summed E-state index contributed by atoms with van der Waals surface area (Å²) in [6.07, 6.45) is 3.70. The zero-order valence-electron chi connectivity index (χ0n) is 13.6. The highest BCUT2D eigenvalue weighted by Gasteiger charge is 2.95. The van der Waals surface area contributed by atoms with Crippen LogP contribution in [-0.2, 0) is 10.8 Å². The summed E-state index contributed by atoms with van der Waals surface area (Å²) in [5.41, 5.74) is 3.88. The minimum absolute atomic E-state index is 0.253. The lowest BCUT2D eigenvalue weighted by molar-refractivity contribution is 0.145. The van der Waals surface area contributed by atoms with Gasteiger partial charge in [-0.3, -0.25) is 0 Å². The molecule has 0 aromatic heterocycles. The van der Waals surface area contributed by atoms with E-state index in [1.807, 2.05) is 0 Å². The molecule has 0 saturated heterocycles. The van der Waals surface area contributed by atoms with Gasteiger partial charge in [-0.2, -0.15) is 0 Å². The first-order valence-electron chi connectivity index (χ1n) is 8.55. The average molecular weight is 365 g/mol. The average Bonchev–Trinajstić information content (AvgIpc) is 2.73. The quantitative estimate of drug-likeness (QED) is 0.628. The van der Waals surface area contributed by atoms with Crippen molar-refractivity contribution in [1.29, 1.82) is 0 Å². The maximum atomic E-state index is 3.80. The van der Waals surface area contributed by atoms with Gasteiger partial charge in [0.05, 0.1) is 0 Å². The van der Waals surface area contributed by atoms with Crippen LogP contribution in [-0.4, -0.2) is 0 Å². The minimum atomic E-state index is 0.253. The van der Waals surface area contributed by atoms with Crippen LogP contribution in [0.1, 0.15) is 31.4 Å². The van der Waals surface area contributed by atoms with Crippen molar-refractivity contribution < 1.29 is 0 Å². The van der Waals surface area contributed by atoms with E-state index in [-0.39, 0.29) is 10.8 Å². The molecule has 0 spiro atoms. The van der Waals surface area contributed by atoms with Crippen LogP contribution in [0.3, 0.4) is 0 Å². The standard InChI is InChI=1S/C22H21Br/c1-20(2)21(15-9-5-3-6-10-15)18-13-17(23)14-19(18)22(20,21)16-11-7-4-8-12-16/h3-13,18-19H,14H2,1-2H3/t18-,19-,21+,22-/m1/s1. The molecular weight excluding hydrogens is 344 g/mol. The van der Waals surface area contributed by atoms with Gasteiger partial charge in [-0.15, -0.1) is 0 Å². The van der Waals surface area contributed by atoms with Crippen LogP contribution in [0.2, 0.25) is 0 Å². The molecule has 2 fully saturated rings. The second-order valence-electron chi connectivity index (χ2n) is 7.92. The van der Waals surface area contributed by atoms with E-state index < -0.39 is 0 Å². The maximum absolute atomic E-state index is 3.80. The third-order valence-corrected chi connectivity index (χ3v) is 7.84. The van der Waals surface area contributed by atoms with E-state index in [4.69, 9.17) is 0 Å². The van der Waals surface area contributed by atoms with Gasteiger partial charge in [0.15, 0.2) is 0 Å². The number of halogens is 1. The van der Waals surface area contributed by atoms with Crippen LogP contribution in [0.4, 0.5) is 0 Å². The number of hydrogen-bond donors (Lipinski definition) is 0. The Labute approximate surface area is 146 Å². The van der Waals surface area contributed by atoms with Crippen molar-refractivity contribution in [3.8, 4) is 0 Å². The molecule has 2 aromatic carbocycles. The van der Waals surface area contributed by atoms with Gasteiger partial charge < -0.3 is 0 Å². The van der Waals surface area contributed by atoms with Gasteiger partial charge >= 0.3 is 0 Å². The second-order valence-corrected chi connectivity index (χ2v) is 8.94. The molecule has 3 aliphatic rings. The zero-order valence-corrected chi connectivity index (χ0v) is 15.2. The molecule has 23 heavy (non-hydrogen) atoms. The molecule has 4 atom stereocenters. The first-order chi connectivity index (χ1) is 11.1. The van der Waals surface area contributed by atoms with Crippen molar-refractivity contribution in [3.63, 3.8) is 0 Å². The van der Waals surface area contributed by atoms with Crippen molar-refractivity contribution in [2.75, 3.05) is 0 Å². The first kappa shape index (κ1) is 14.0. The summed E-state index contributed by atoms with van der Waals surface area (Å²) in [6.45, 7) is 4.99. The Balaban J connectivity index is 1.78. The number of benzene rings is 2. The molecule has 5 rings (SSSR count). The summed E-state index contributed by atoms with van der Waals surface area (Å²) in [7, 11) is 0.